The normalized spacial score (nSPS) is 13.4. The molecule has 0 fully saturated rings. The molecule has 6 nitrogen and oxygen atoms in total. The van der Waals surface area contributed by atoms with E-state index in [4.69, 9.17) is 37.8 Å². The number of sulfonamides is 1. The van der Waals surface area contributed by atoms with Crippen LogP contribution in [0.5, 0.6) is 0 Å². The fourth-order valence-corrected chi connectivity index (χ4v) is 3.50. The predicted molar refractivity (Wildman–Crippen MR) is 80.2 cm³/mol. The Kier molecular flexibility index (Phi) is 7.35. The van der Waals surface area contributed by atoms with E-state index < -0.39 is 16.1 Å². The molecule has 0 amide bonds. The Balaban J connectivity index is 2.97. The standard InChI is InChI=1S/C12H17Cl2NO5S/c1-19-7-9(20-2)5-15-21(17,18)12-3-8(6-16)10(13)4-11(12)14/h3-4,9,15-16H,5-7H2,1-2H3. The van der Waals surface area contributed by atoms with Gasteiger partial charge >= 0.3 is 0 Å². The second-order valence-electron chi connectivity index (χ2n) is 4.20. The number of nitrogens with one attached hydrogen (secondary N) is 1. The Morgan fingerprint density at radius 2 is 1.95 bits per heavy atom. The Hall–Kier alpha value is -0.410. The lowest BCUT2D eigenvalue weighted by molar-refractivity contribution is 0.0320. The van der Waals surface area contributed by atoms with Crippen LogP contribution in [0.3, 0.4) is 0 Å². The lowest BCUT2D eigenvalue weighted by Gasteiger charge is -2.16. The van der Waals surface area contributed by atoms with Crippen molar-refractivity contribution < 1.29 is 23.0 Å². The van der Waals surface area contributed by atoms with Crippen LogP contribution in [-0.4, -0.2) is 47.0 Å². The number of hydrogen-bond donors (Lipinski definition) is 2. The first kappa shape index (κ1) is 18.6. The molecule has 120 valence electrons. The predicted octanol–water partition coefficient (Wildman–Crippen LogP) is 1.43. The van der Waals surface area contributed by atoms with Crippen molar-refractivity contribution in [2.45, 2.75) is 17.6 Å². The average molecular weight is 358 g/mol. The zero-order valence-electron chi connectivity index (χ0n) is 11.6. The van der Waals surface area contributed by atoms with Gasteiger partial charge in [0, 0.05) is 25.8 Å². The van der Waals surface area contributed by atoms with E-state index in [-0.39, 0.29) is 40.3 Å². The van der Waals surface area contributed by atoms with Gasteiger partial charge in [0.1, 0.15) is 4.90 Å². The van der Waals surface area contributed by atoms with Crippen molar-refractivity contribution in [3.63, 3.8) is 0 Å². The first-order chi connectivity index (χ1) is 9.85. The highest BCUT2D eigenvalue weighted by molar-refractivity contribution is 7.89. The zero-order chi connectivity index (χ0) is 16.0. The summed E-state index contributed by atoms with van der Waals surface area (Å²) in [5.41, 5.74) is 0.279. The number of hydrogen-bond acceptors (Lipinski definition) is 5. The molecule has 1 unspecified atom stereocenters. The minimum absolute atomic E-state index is 0.0228. The maximum Gasteiger partial charge on any atom is 0.242 e. The first-order valence-corrected chi connectivity index (χ1v) is 8.19. The lowest BCUT2D eigenvalue weighted by atomic mass is 10.2. The van der Waals surface area contributed by atoms with Gasteiger partial charge in [-0.05, 0) is 17.7 Å². The number of benzene rings is 1. The SMILES string of the molecule is COCC(CNS(=O)(=O)c1cc(CO)c(Cl)cc1Cl)OC. The molecule has 0 radical (unpaired) electrons. The van der Waals surface area contributed by atoms with Gasteiger partial charge in [-0.2, -0.15) is 0 Å². The lowest BCUT2D eigenvalue weighted by Crippen LogP contribution is -2.35. The zero-order valence-corrected chi connectivity index (χ0v) is 13.9. The van der Waals surface area contributed by atoms with Gasteiger partial charge in [-0.15, -0.1) is 0 Å². The smallest absolute Gasteiger partial charge is 0.242 e. The summed E-state index contributed by atoms with van der Waals surface area (Å²) in [7, 11) is -0.905. The largest absolute Gasteiger partial charge is 0.392 e. The number of aliphatic hydroxyl groups is 1. The van der Waals surface area contributed by atoms with Gasteiger partial charge in [-0.3, -0.25) is 0 Å². The fourth-order valence-electron chi connectivity index (χ4n) is 1.57. The van der Waals surface area contributed by atoms with Gasteiger partial charge in [0.2, 0.25) is 10.0 Å². The molecule has 1 aromatic carbocycles. The second kappa shape index (κ2) is 8.28. The minimum atomic E-state index is -3.85. The third-order valence-electron chi connectivity index (χ3n) is 2.75. The fraction of sp³-hybridized carbons (Fsp3) is 0.500. The summed E-state index contributed by atoms with van der Waals surface area (Å²) >= 11 is 11.8. The first-order valence-electron chi connectivity index (χ1n) is 5.95. The van der Waals surface area contributed by atoms with Crippen molar-refractivity contribution in [2.24, 2.45) is 0 Å². The number of halogens is 2. The van der Waals surface area contributed by atoms with E-state index in [1.54, 1.807) is 0 Å². The van der Waals surface area contributed by atoms with E-state index in [1.807, 2.05) is 0 Å². The van der Waals surface area contributed by atoms with Crippen LogP contribution in [-0.2, 0) is 26.1 Å². The van der Waals surface area contributed by atoms with E-state index in [9.17, 15) is 8.42 Å². The van der Waals surface area contributed by atoms with Crippen molar-refractivity contribution in [3.05, 3.63) is 27.7 Å². The van der Waals surface area contributed by atoms with Crippen LogP contribution in [0.4, 0.5) is 0 Å². The second-order valence-corrected chi connectivity index (χ2v) is 6.75. The average Bonchev–Trinajstić information content (AvgIpc) is 2.43. The molecule has 0 bridgehead atoms. The van der Waals surface area contributed by atoms with Crippen molar-refractivity contribution in [3.8, 4) is 0 Å². The topological polar surface area (TPSA) is 84.9 Å². The quantitative estimate of drug-likeness (QED) is 0.734. The molecule has 9 heteroatoms. The van der Waals surface area contributed by atoms with E-state index >= 15 is 0 Å². The summed E-state index contributed by atoms with van der Waals surface area (Å²) in [4.78, 5) is -0.148. The number of aliphatic hydroxyl groups excluding tert-OH is 1. The maximum atomic E-state index is 12.2. The van der Waals surface area contributed by atoms with Gasteiger partial charge in [-0.25, -0.2) is 13.1 Å². The van der Waals surface area contributed by atoms with Crippen molar-refractivity contribution in [2.75, 3.05) is 27.4 Å². The Morgan fingerprint density at radius 1 is 1.29 bits per heavy atom. The van der Waals surface area contributed by atoms with E-state index in [2.05, 4.69) is 4.72 Å². The molecule has 1 atom stereocenters. The van der Waals surface area contributed by atoms with Crippen LogP contribution in [0, 0.1) is 0 Å². The maximum absolute atomic E-state index is 12.2. The molecule has 1 aromatic rings. The van der Waals surface area contributed by atoms with Crippen LogP contribution < -0.4 is 4.72 Å². The molecule has 0 aliphatic carbocycles. The highest BCUT2D eigenvalue weighted by atomic mass is 35.5. The van der Waals surface area contributed by atoms with Gasteiger partial charge in [-0.1, -0.05) is 23.2 Å². The molecule has 0 heterocycles. The highest BCUT2D eigenvalue weighted by Gasteiger charge is 2.21. The number of rotatable bonds is 8. The van der Waals surface area contributed by atoms with Crippen LogP contribution in [0.1, 0.15) is 5.56 Å². The molecular weight excluding hydrogens is 341 g/mol. The van der Waals surface area contributed by atoms with Gasteiger partial charge in [0.25, 0.3) is 0 Å². The molecule has 2 N–H and O–H groups in total. The van der Waals surface area contributed by atoms with Crippen molar-refractivity contribution >= 4 is 33.2 Å². The van der Waals surface area contributed by atoms with Gasteiger partial charge in [0.15, 0.2) is 0 Å². The summed E-state index contributed by atoms with van der Waals surface area (Å²) in [6.45, 7) is -0.113. The molecular formula is C12H17Cl2NO5S. The summed E-state index contributed by atoms with van der Waals surface area (Å²) in [6, 6.07) is 2.53. The molecule has 0 aromatic heterocycles. The summed E-state index contributed by atoms with van der Waals surface area (Å²) in [5, 5.41) is 9.33. The van der Waals surface area contributed by atoms with Crippen LogP contribution in [0.15, 0.2) is 17.0 Å². The Labute approximate surface area is 134 Å². The molecule has 0 saturated heterocycles. The number of ether oxygens (including phenoxy) is 2. The Morgan fingerprint density at radius 3 is 2.48 bits per heavy atom. The molecule has 0 aliphatic rings. The molecule has 1 rings (SSSR count). The third kappa shape index (κ3) is 5.07. The van der Waals surface area contributed by atoms with E-state index in [0.29, 0.717) is 0 Å². The van der Waals surface area contributed by atoms with Crippen LogP contribution >= 0.6 is 23.2 Å². The van der Waals surface area contributed by atoms with Crippen molar-refractivity contribution in [1.82, 2.24) is 4.72 Å². The van der Waals surface area contributed by atoms with Crippen LogP contribution in [0.2, 0.25) is 10.0 Å². The Bertz CT molecular complexity index is 579. The highest BCUT2D eigenvalue weighted by Crippen LogP contribution is 2.28. The molecule has 0 aliphatic heterocycles. The van der Waals surface area contributed by atoms with E-state index in [0.717, 1.165) is 0 Å². The summed E-state index contributed by atoms with van der Waals surface area (Å²) < 4.78 is 36.8. The summed E-state index contributed by atoms with van der Waals surface area (Å²) in [5.74, 6) is 0. The molecule has 0 spiro atoms. The minimum Gasteiger partial charge on any atom is -0.392 e. The van der Waals surface area contributed by atoms with Gasteiger partial charge < -0.3 is 14.6 Å². The summed E-state index contributed by atoms with van der Waals surface area (Å²) in [6.07, 6.45) is -0.423. The van der Waals surface area contributed by atoms with Gasteiger partial charge in [0.05, 0.1) is 24.3 Å². The molecule has 21 heavy (non-hydrogen) atoms. The van der Waals surface area contributed by atoms with Crippen molar-refractivity contribution in [1.29, 1.82) is 0 Å². The number of methoxy groups -OCH3 is 2. The monoisotopic (exact) mass is 357 g/mol. The molecule has 0 saturated carbocycles. The third-order valence-corrected chi connectivity index (χ3v) is 4.99. The van der Waals surface area contributed by atoms with E-state index in [1.165, 1.54) is 26.4 Å². The van der Waals surface area contributed by atoms with Crippen LogP contribution in [0.25, 0.3) is 0 Å².